The van der Waals surface area contributed by atoms with Gasteiger partial charge in [-0.3, -0.25) is 4.79 Å². The molecule has 23 heavy (non-hydrogen) atoms. The molecule has 0 saturated heterocycles. The van der Waals surface area contributed by atoms with E-state index < -0.39 is 10.7 Å². The number of thioether (sulfide) groups is 1. The summed E-state index contributed by atoms with van der Waals surface area (Å²) in [6.45, 7) is 6.07. The molecule has 0 amide bonds. The van der Waals surface area contributed by atoms with Gasteiger partial charge >= 0.3 is 5.97 Å². The SMILES string of the molecule is CC=CCCCCCCCCCCCSC(CC)(CC)C(=O)O. The molecule has 0 rings (SSSR count). The molecule has 0 fully saturated rings. The molecule has 0 saturated carbocycles. The minimum Gasteiger partial charge on any atom is -0.480 e. The Morgan fingerprint density at radius 2 is 1.39 bits per heavy atom. The Hall–Kier alpha value is -0.440. The number of allylic oxidation sites excluding steroid dienone is 2. The zero-order valence-corrected chi connectivity index (χ0v) is 16.4. The molecule has 0 heterocycles. The summed E-state index contributed by atoms with van der Waals surface area (Å²) >= 11 is 1.65. The van der Waals surface area contributed by atoms with Crippen molar-refractivity contribution < 1.29 is 9.90 Å². The lowest BCUT2D eigenvalue weighted by Crippen LogP contribution is -2.33. The molecule has 0 atom stereocenters. The van der Waals surface area contributed by atoms with Gasteiger partial charge in [0.15, 0.2) is 0 Å². The smallest absolute Gasteiger partial charge is 0.319 e. The third kappa shape index (κ3) is 10.9. The molecule has 0 aliphatic rings. The number of aliphatic carboxylic acids is 1. The van der Waals surface area contributed by atoms with E-state index in [-0.39, 0.29) is 0 Å². The molecule has 2 nitrogen and oxygen atoms in total. The van der Waals surface area contributed by atoms with E-state index in [1.54, 1.807) is 11.8 Å². The van der Waals surface area contributed by atoms with Crippen LogP contribution in [-0.2, 0) is 4.79 Å². The summed E-state index contributed by atoms with van der Waals surface area (Å²) in [6.07, 6.45) is 18.9. The van der Waals surface area contributed by atoms with E-state index in [4.69, 9.17) is 0 Å². The highest BCUT2D eigenvalue weighted by Crippen LogP contribution is 2.33. The Bertz CT molecular complexity index is 309. The highest BCUT2D eigenvalue weighted by molar-refractivity contribution is 8.01. The minimum absolute atomic E-state index is 0.549. The summed E-state index contributed by atoms with van der Waals surface area (Å²) in [6, 6.07) is 0. The number of carboxylic acids is 1. The second-order valence-electron chi connectivity index (χ2n) is 6.39. The van der Waals surface area contributed by atoms with Crippen molar-refractivity contribution in [1.29, 1.82) is 0 Å². The Morgan fingerprint density at radius 3 is 1.83 bits per heavy atom. The van der Waals surface area contributed by atoms with Crippen LogP contribution in [0.5, 0.6) is 0 Å². The molecule has 3 heteroatoms. The van der Waals surface area contributed by atoms with Gasteiger partial charge in [0.05, 0.1) is 0 Å². The van der Waals surface area contributed by atoms with Crippen molar-refractivity contribution >= 4 is 17.7 Å². The van der Waals surface area contributed by atoms with Crippen molar-refractivity contribution in [2.45, 2.75) is 103 Å². The van der Waals surface area contributed by atoms with Gasteiger partial charge in [0.2, 0.25) is 0 Å². The van der Waals surface area contributed by atoms with Gasteiger partial charge in [0.1, 0.15) is 4.75 Å². The maximum Gasteiger partial charge on any atom is 0.319 e. The van der Waals surface area contributed by atoms with Crippen LogP contribution >= 0.6 is 11.8 Å². The summed E-state index contributed by atoms with van der Waals surface area (Å²) in [5.41, 5.74) is 0. The average molecular weight is 343 g/mol. The Labute approximate surface area is 148 Å². The fraction of sp³-hybridized carbons (Fsp3) is 0.850. The molecule has 0 radical (unpaired) electrons. The van der Waals surface area contributed by atoms with Crippen molar-refractivity contribution in [3.8, 4) is 0 Å². The van der Waals surface area contributed by atoms with E-state index in [2.05, 4.69) is 19.1 Å². The second kappa shape index (κ2) is 15.1. The van der Waals surface area contributed by atoms with Crippen molar-refractivity contribution in [3.63, 3.8) is 0 Å². The number of rotatable bonds is 16. The van der Waals surface area contributed by atoms with Gasteiger partial charge in [-0.05, 0) is 44.8 Å². The topological polar surface area (TPSA) is 37.3 Å². The summed E-state index contributed by atoms with van der Waals surface area (Å²) in [5, 5.41) is 9.39. The van der Waals surface area contributed by atoms with Crippen LogP contribution < -0.4 is 0 Å². The predicted molar refractivity (Wildman–Crippen MR) is 104 cm³/mol. The summed E-state index contributed by atoms with van der Waals surface area (Å²) < 4.78 is -0.549. The van der Waals surface area contributed by atoms with Crippen molar-refractivity contribution in [3.05, 3.63) is 12.2 Å². The summed E-state index contributed by atoms with van der Waals surface area (Å²) in [7, 11) is 0. The maximum atomic E-state index is 11.4. The van der Waals surface area contributed by atoms with Crippen LogP contribution in [0.3, 0.4) is 0 Å². The van der Waals surface area contributed by atoms with Gasteiger partial charge in [0, 0.05) is 0 Å². The van der Waals surface area contributed by atoms with Gasteiger partial charge in [-0.25, -0.2) is 0 Å². The maximum absolute atomic E-state index is 11.4. The van der Waals surface area contributed by atoms with Gasteiger partial charge in [-0.15, -0.1) is 11.8 Å². The van der Waals surface area contributed by atoms with Crippen LogP contribution in [0.15, 0.2) is 12.2 Å². The molecule has 0 spiro atoms. The Balaban J connectivity index is 3.44. The third-order valence-corrected chi connectivity index (χ3v) is 6.46. The first-order chi connectivity index (χ1) is 11.1. The summed E-state index contributed by atoms with van der Waals surface area (Å²) in [5.74, 6) is 0.348. The molecule has 0 aromatic carbocycles. The molecule has 0 aromatic heterocycles. The van der Waals surface area contributed by atoms with E-state index in [0.717, 1.165) is 25.0 Å². The van der Waals surface area contributed by atoms with Gasteiger partial charge < -0.3 is 5.11 Å². The predicted octanol–water partition coefficient (Wildman–Crippen LogP) is 6.84. The van der Waals surface area contributed by atoms with Crippen molar-refractivity contribution in [2.75, 3.05) is 5.75 Å². The third-order valence-electron chi connectivity index (χ3n) is 4.66. The molecule has 0 unspecified atom stereocenters. The average Bonchev–Trinajstić information content (AvgIpc) is 2.55. The number of carbonyl (C=O) groups is 1. The fourth-order valence-corrected chi connectivity index (χ4v) is 4.13. The Morgan fingerprint density at radius 1 is 0.913 bits per heavy atom. The molecule has 0 bridgehead atoms. The Kier molecular flexibility index (Phi) is 14.8. The van der Waals surface area contributed by atoms with E-state index in [1.165, 1.54) is 57.8 Å². The standard InChI is InChI=1S/C20H38O2S/c1-4-7-8-9-10-11-12-13-14-15-16-17-18-23-20(5-2,6-3)19(21)22/h4,7H,5-6,8-18H2,1-3H3,(H,21,22). The number of carboxylic acid groups (broad SMARTS) is 1. The van der Waals surface area contributed by atoms with Crippen LogP contribution in [0.1, 0.15) is 97.8 Å². The zero-order valence-electron chi connectivity index (χ0n) is 15.6. The summed E-state index contributed by atoms with van der Waals surface area (Å²) in [4.78, 5) is 11.4. The molecular weight excluding hydrogens is 304 g/mol. The van der Waals surface area contributed by atoms with Gasteiger partial charge in [-0.1, -0.05) is 70.9 Å². The number of hydrogen-bond acceptors (Lipinski definition) is 2. The molecule has 0 aromatic rings. The van der Waals surface area contributed by atoms with E-state index in [9.17, 15) is 9.90 Å². The number of unbranched alkanes of at least 4 members (excludes halogenated alkanes) is 9. The lowest BCUT2D eigenvalue weighted by molar-refractivity contribution is -0.140. The van der Waals surface area contributed by atoms with E-state index in [1.807, 2.05) is 13.8 Å². The first-order valence-corrected chi connectivity index (χ1v) is 10.6. The highest BCUT2D eigenvalue weighted by Gasteiger charge is 2.34. The van der Waals surface area contributed by atoms with Gasteiger partial charge in [-0.2, -0.15) is 0 Å². The molecule has 0 aliphatic carbocycles. The van der Waals surface area contributed by atoms with E-state index in [0.29, 0.717) is 0 Å². The molecule has 1 N–H and O–H groups in total. The monoisotopic (exact) mass is 342 g/mol. The van der Waals surface area contributed by atoms with Crippen LogP contribution in [0.2, 0.25) is 0 Å². The van der Waals surface area contributed by atoms with Crippen molar-refractivity contribution in [2.24, 2.45) is 0 Å². The lowest BCUT2D eigenvalue weighted by atomic mass is 10.0. The highest BCUT2D eigenvalue weighted by atomic mass is 32.2. The van der Waals surface area contributed by atoms with Gasteiger partial charge in [0.25, 0.3) is 0 Å². The van der Waals surface area contributed by atoms with Crippen LogP contribution in [0.25, 0.3) is 0 Å². The zero-order chi connectivity index (χ0) is 17.4. The minimum atomic E-state index is -0.637. The second-order valence-corrected chi connectivity index (χ2v) is 7.87. The molecule has 136 valence electrons. The quantitative estimate of drug-likeness (QED) is 0.246. The fourth-order valence-electron chi connectivity index (χ4n) is 2.85. The normalized spacial score (nSPS) is 12.1. The van der Waals surface area contributed by atoms with Crippen LogP contribution in [0, 0.1) is 0 Å². The first-order valence-electron chi connectivity index (χ1n) is 9.61. The number of hydrogen-bond donors (Lipinski definition) is 1. The largest absolute Gasteiger partial charge is 0.480 e. The first kappa shape index (κ1) is 22.6. The lowest BCUT2D eigenvalue weighted by Gasteiger charge is -2.25. The molecule has 0 aliphatic heterocycles. The molecular formula is C20H38O2S. The van der Waals surface area contributed by atoms with Crippen molar-refractivity contribution in [1.82, 2.24) is 0 Å². The van der Waals surface area contributed by atoms with E-state index >= 15 is 0 Å². The van der Waals surface area contributed by atoms with Crippen LogP contribution in [0.4, 0.5) is 0 Å². The van der Waals surface area contributed by atoms with Crippen LogP contribution in [-0.4, -0.2) is 21.6 Å².